The van der Waals surface area contributed by atoms with Crippen molar-refractivity contribution >= 4 is 45.6 Å². The van der Waals surface area contributed by atoms with E-state index in [0.717, 1.165) is 11.1 Å². The first kappa shape index (κ1) is 26.4. The topological polar surface area (TPSA) is 92.3 Å². The van der Waals surface area contributed by atoms with E-state index in [-0.39, 0.29) is 10.8 Å². The van der Waals surface area contributed by atoms with Crippen LogP contribution in [0.5, 0.6) is 0 Å². The van der Waals surface area contributed by atoms with Gasteiger partial charge in [0.05, 0.1) is 10.9 Å². The first-order valence-electron chi connectivity index (χ1n) is 10.3. The van der Waals surface area contributed by atoms with E-state index < -0.39 is 28.0 Å². The monoisotopic (exact) mass is 496 g/mol. The molecule has 174 valence electrons. The Hall–Kier alpha value is -1.87. The van der Waals surface area contributed by atoms with Crippen LogP contribution in [0, 0.1) is 12.8 Å². The van der Waals surface area contributed by atoms with Crippen molar-refractivity contribution in [2.24, 2.45) is 5.92 Å². The molecule has 2 aromatic rings. The summed E-state index contributed by atoms with van der Waals surface area (Å²) in [4.78, 5) is 24.5. The molecule has 9 heteroatoms. The predicted molar refractivity (Wildman–Crippen MR) is 130 cm³/mol. The average Bonchev–Trinajstić information content (AvgIpc) is 2.73. The van der Waals surface area contributed by atoms with Gasteiger partial charge in [0.25, 0.3) is 0 Å². The van der Waals surface area contributed by atoms with Gasteiger partial charge in [-0.3, -0.25) is 4.79 Å². The van der Waals surface area contributed by atoms with E-state index in [1.807, 2.05) is 32.9 Å². The minimum atomic E-state index is -3.88. The Morgan fingerprint density at radius 3 is 2.28 bits per heavy atom. The van der Waals surface area contributed by atoms with E-state index in [1.165, 1.54) is 23.9 Å². The molecule has 0 fully saturated rings. The first-order chi connectivity index (χ1) is 15.1. The molecule has 2 aromatic carbocycles. The molecule has 2 rings (SSSR count). The molecular weight excluding hydrogens is 468 g/mol. The van der Waals surface area contributed by atoms with Gasteiger partial charge in [0.15, 0.2) is 0 Å². The third-order valence-electron chi connectivity index (χ3n) is 4.62. The summed E-state index contributed by atoms with van der Waals surface area (Å²) in [5, 5.41) is 3.33. The summed E-state index contributed by atoms with van der Waals surface area (Å²) in [6.45, 7) is 5.67. The maximum absolute atomic E-state index is 12.9. The van der Waals surface area contributed by atoms with E-state index in [0.29, 0.717) is 29.2 Å². The van der Waals surface area contributed by atoms with Crippen molar-refractivity contribution in [3.63, 3.8) is 0 Å². The number of hydrogen-bond acceptors (Lipinski definition) is 5. The van der Waals surface area contributed by atoms with E-state index in [1.54, 1.807) is 24.3 Å². The van der Waals surface area contributed by atoms with Crippen LogP contribution in [0.1, 0.15) is 31.4 Å². The average molecular weight is 497 g/mol. The minimum absolute atomic E-state index is 0.0698. The largest absolute Gasteiger partial charge is 0.344 e. The first-order valence-corrected chi connectivity index (χ1v) is 13.3. The Balaban J connectivity index is 2.00. The molecule has 0 aliphatic carbocycles. The lowest BCUT2D eigenvalue weighted by Gasteiger charge is -2.22. The maximum atomic E-state index is 12.9. The standard InChI is InChI=1S/C23H29ClN2O4S2/c1-16(2)12-22(26-32(29,30)21-10-4-17(3)5-11-21)23(28)25-20(13-27)15-31-14-18-6-8-19(24)9-7-18/h4-11,13,16,20,22,26H,12,14-15H2,1-3H3,(H,25,28)/t20?,22-/m1/s1. The fourth-order valence-electron chi connectivity index (χ4n) is 2.94. The summed E-state index contributed by atoms with van der Waals surface area (Å²) in [7, 11) is -3.88. The van der Waals surface area contributed by atoms with Gasteiger partial charge >= 0.3 is 0 Å². The molecule has 2 atom stereocenters. The fourth-order valence-corrected chi connectivity index (χ4v) is 5.23. The maximum Gasteiger partial charge on any atom is 0.241 e. The second-order valence-corrected chi connectivity index (χ2v) is 11.2. The third-order valence-corrected chi connectivity index (χ3v) is 7.50. The molecule has 6 nitrogen and oxygen atoms in total. The van der Waals surface area contributed by atoms with Crippen molar-refractivity contribution in [3.05, 3.63) is 64.7 Å². The zero-order valence-corrected chi connectivity index (χ0v) is 20.8. The molecule has 0 saturated carbocycles. The van der Waals surface area contributed by atoms with Crippen LogP contribution in [0.25, 0.3) is 0 Å². The Morgan fingerprint density at radius 1 is 1.09 bits per heavy atom. The van der Waals surface area contributed by atoms with E-state index in [9.17, 15) is 18.0 Å². The summed E-state index contributed by atoms with van der Waals surface area (Å²) in [5.41, 5.74) is 1.99. The number of rotatable bonds is 12. The summed E-state index contributed by atoms with van der Waals surface area (Å²) in [6, 6.07) is 12.1. The summed E-state index contributed by atoms with van der Waals surface area (Å²) >= 11 is 7.38. The number of aldehydes is 1. The molecule has 0 radical (unpaired) electrons. The van der Waals surface area contributed by atoms with Crippen LogP contribution in [0.15, 0.2) is 53.4 Å². The molecule has 1 amide bonds. The minimum Gasteiger partial charge on any atom is -0.344 e. The number of amides is 1. The molecule has 0 saturated heterocycles. The second-order valence-electron chi connectivity index (χ2n) is 8.01. The number of sulfonamides is 1. The quantitative estimate of drug-likeness (QED) is 0.434. The number of aryl methyl sites for hydroxylation is 1. The molecule has 0 aliphatic rings. The van der Waals surface area contributed by atoms with Gasteiger partial charge in [-0.05, 0) is 49.1 Å². The Bertz CT molecular complexity index is 994. The number of benzene rings is 2. The van der Waals surface area contributed by atoms with Crippen molar-refractivity contribution in [2.45, 2.75) is 49.9 Å². The highest BCUT2D eigenvalue weighted by Gasteiger charge is 2.28. The molecule has 0 spiro atoms. The van der Waals surface area contributed by atoms with Gasteiger partial charge in [0, 0.05) is 16.5 Å². The number of carbonyl (C=O) groups is 2. The van der Waals surface area contributed by atoms with Gasteiger partial charge in [0.1, 0.15) is 12.3 Å². The highest BCUT2D eigenvalue weighted by Crippen LogP contribution is 2.17. The van der Waals surface area contributed by atoms with Gasteiger partial charge < -0.3 is 10.1 Å². The van der Waals surface area contributed by atoms with Crippen LogP contribution in [0.2, 0.25) is 5.02 Å². The smallest absolute Gasteiger partial charge is 0.241 e. The van der Waals surface area contributed by atoms with Crippen LogP contribution in [0.3, 0.4) is 0 Å². The van der Waals surface area contributed by atoms with Crippen LogP contribution in [0.4, 0.5) is 0 Å². The highest BCUT2D eigenvalue weighted by molar-refractivity contribution is 7.98. The number of halogens is 1. The predicted octanol–water partition coefficient (Wildman–Crippen LogP) is 3.96. The van der Waals surface area contributed by atoms with E-state index in [4.69, 9.17) is 11.6 Å². The normalized spacial score (nSPS) is 13.5. The van der Waals surface area contributed by atoms with Crippen LogP contribution >= 0.6 is 23.4 Å². The van der Waals surface area contributed by atoms with Crippen molar-refractivity contribution in [2.75, 3.05) is 5.75 Å². The Labute approximate surface area is 199 Å². The summed E-state index contributed by atoms with van der Waals surface area (Å²) < 4.78 is 28.0. The lowest BCUT2D eigenvalue weighted by atomic mass is 10.0. The fraction of sp³-hybridized carbons (Fsp3) is 0.391. The number of carbonyl (C=O) groups excluding carboxylic acids is 2. The van der Waals surface area contributed by atoms with Crippen LogP contribution in [-0.2, 0) is 25.4 Å². The lowest BCUT2D eigenvalue weighted by molar-refractivity contribution is -0.125. The SMILES string of the molecule is Cc1ccc(S(=O)(=O)N[C@H](CC(C)C)C(=O)NC(C=O)CSCc2ccc(Cl)cc2)cc1. The molecule has 1 unspecified atom stereocenters. The van der Waals surface area contributed by atoms with Crippen molar-refractivity contribution in [1.29, 1.82) is 0 Å². The number of nitrogens with one attached hydrogen (secondary N) is 2. The lowest BCUT2D eigenvalue weighted by Crippen LogP contribution is -2.51. The van der Waals surface area contributed by atoms with Gasteiger partial charge in [-0.15, -0.1) is 0 Å². The third kappa shape index (κ3) is 8.58. The number of hydrogen-bond donors (Lipinski definition) is 2. The second kappa shape index (κ2) is 12.4. The molecule has 2 N–H and O–H groups in total. The summed E-state index contributed by atoms with van der Waals surface area (Å²) in [6.07, 6.45) is 0.980. The Morgan fingerprint density at radius 2 is 1.72 bits per heavy atom. The molecule has 32 heavy (non-hydrogen) atoms. The molecular formula is C23H29ClN2O4S2. The summed E-state index contributed by atoms with van der Waals surface area (Å²) in [5.74, 6) is 0.586. The van der Waals surface area contributed by atoms with Crippen LogP contribution in [-0.4, -0.2) is 38.4 Å². The van der Waals surface area contributed by atoms with Crippen molar-refractivity contribution in [3.8, 4) is 0 Å². The number of thioether (sulfide) groups is 1. The zero-order valence-electron chi connectivity index (χ0n) is 18.4. The van der Waals surface area contributed by atoms with Gasteiger partial charge in [-0.2, -0.15) is 16.5 Å². The van der Waals surface area contributed by atoms with Gasteiger partial charge in [-0.25, -0.2) is 8.42 Å². The van der Waals surface area contributed by atoms with Crippen molar-refractivity contribution in [1.82, 2.24) is 10.0 Å². The molecule has 0 heterocycles. The van der Waals surface area contributed by atoms with Crippen LogP contribution < -0.4 is 10.0 Å². The molecule has 0 aromatic heterocycles. The van der Waals surface area contributed by atoms with E-state index >= 15 is 0 Å². The zero-order chi connectivity index (χ0) is 23.7. The molecule has 0 bridgehead atoms. The molecule has 0 aliphatic heterocycles. The Kier molecular flexibility index (Phi) is 10.2. The highest BCUT2D eigenvalue weighted by atomic mass is 35.5. The van der Waals surface area contributed by atoms with E-state index in [2.05, 4.69) is 10.0 Å². The van der Waals surface area contributed by atoms with Gasteiger partial charge in [-0.1, -0.05) is 55.3 Å². The van der Waals surface area contributed by atoms with Gasteiger partial charge in [0.2, 0.25) is 15.9 Å². The van der Waals surface area contributed by atoms with Crippen molar-refractivity contribution < 1.29 is 18.0 Å².